The van der Waals surface area contributed by atoms with Crippen LogP contribution in [0.5, 0.6) is 0 Å². The summed E-state index contributed by atoms with van der Waals surface area (Å²) in [6, 6.07) is 5.87. The zero-order chi connectivity index (χ0) is 16.8. The maximum Gasteiger partial charge on any atom is 0.351 e. The zero-order valence-corrected chi connectivity index (χ0v) is 12.9. The number of nitrogens with zero attached hydrogens (tertiary/aromatic N) is 4. The highest BCUT2D eigenvalue weighted by molar-refractivity contribution is 5.87. The van der Waals surface area contributed by atoms with Crippen molar-refractivity contribution in [2.24, 2.45) is 0 Å². The van der Waals surface area contributed by atoms with Crippen molar-refractivity contribution < 1.29 is 14.3 Å². The van der Waals surface area contributed by atoms with E-state index in [9.17, 15) is 14.3 Å². The molecule has 1 aromatic heterocycles. The molecule has 0 amide bonds. The van der Waals surface area contributed by atoms with Crippen LogP contribution in [0.3, 0.4) is 0 Å². The van der Waals surface area contributed by atoms with Crippen LogP contribution >= 0.6 is 0 Å². The molecule has 0 spiro atoms. The predicted octanol–water partition coefficient (Wildman–Crippen LogP) is 2.15. The number of hydrogen-bond acceptors (Lipinski definition) is 4. The Morgan fingerprint density at radius 2 is 2.17 bits per heavy atom. The van der Waals surface area contributed by atoms with E-state index in [0.29, 0.717) is 12.4 Å². The van der Waals surface area contributed by atoms with Crippen LogP contribution in [0, 0.1) is 12.7 Å². The molecule has 7 heteroatoms. The average Bonchev–Trinajstić information content (AvgIpc) is 3.09. The fourth-order valence-electron chi connectivity index (χ4n) is 3.42. The van der Waals surface area contributed by atoms with Gasteiger partial charge in [0.2, 0.25) is 0 Å². The molecule has 0 saturated heterocycles. The first-order valence-electron chi connectivity index (χ1n) is 7.60. The predicted molar refractivity (Wildman–Crippen MR) is 84.3 cm³/mol. The summed E-state index contributed by atoms with van der Waals surface area (Å²) in [6.07, 6.45) is 5.49. The Labute approximate surface area is 137 Å². The highest BCUT2D eigenvalue weighted by Crippen LogP contribution is 2.37. The summed E-state index contributed by atoms with van der Waals surface area (Å²) in [7, 11) is 0. The molecule has 2 aromatic rings. The van der Waals surface area contributed by atoms with Crippen LogP contribution < -0.4 is 0 Å². The maximum atomic E-state index is 13.5. The highest BCUT2D eigenvalue weighted by Gasteiger charge is 2.40. The van der Waals surface area contributed by atoms with Gasteiger partial charge in [-0.2, -0.15) is 0 Å². The molecule has 0 fully saturated rings. The van der Waals surface area contributed by atoms with Crippen LogP contribution in [-0.2, 0) is 11.3 Å². The third kappa shape index (κ3) is 2.20. The molecule has 6 nitrogen and oxygen atoms in total. The number of aryl methyl sites for hydroxylation is 1. The molecular weight excluding hydrogens is 311 g/mol. The Kier molecular flexibility index (Phi) is 3.23. The standard InChI is InChI=1S/C17H15FN4O2/c1-10-19-20-16-6-5-13-14(22(10)16)8-15(17(23)24)21(13)9-11-3-2-4-12(18)7-11/h2-8,13-14H,9H2,1H3,(H,23,24). The van der Waals surface area contributed by atoms with E-state index in [4.69, 9.17) is 0 Å². The molecule has 2 atom stereocenters. The first-order valence-corrected chi connectivity index (χ1v) is 7.60. The molecule has 4 rings (SSSR count). The molecule has 0 aliphatic carbocycles. The first kappa shape index (κ1) is 14.6. The molecule has 1 aromatic carbocycles. The summed E-state index contributed by atoms with van der Waals surface area (Å²) < 4.78 is 15.4. The van der Waals surface area contributed by atoms with Gasteiger partial charge in [0.05, 0.1) is 12.1 Å². The number of rotatable bonds is 3. The third-order valence-electron chi connectivity index (χ3n) is 4.44. The lowest BCUT2D eigenvalue weighted by atomic mass is 10.1. The number of halogens is 1. The summed E-state index contributed by atoms with van der Waals surface area (Å²) in [5.41, 5.74) is 0.933. The largest absolute Gasteiger partial charge is 0.477 e. The van der Waals surface area contributed by atoms with Crippen LogP contribution in [0.25, 0.3) is 6.08 Å². The van der Waals surface area contributed by atoms with Crippen molar-refractivity contribution >= 4 is 12.0 Å². The van der Waals surface area contributed by atoms with Crippen molar-refractivity contribution in [3.63, 3.8) is 0 Å². The van der Waals surface area contributed by atoms with Crippen molar-refractivity contribution in [3.05, 3.63) is 65.1 Å². The van der Waals surface area contributed by atoms with Gasteiger partial charge in [0.15, 0.2) is 5.82 Å². The molecule has 1 N–H and O–H groups in total. The Morgan fingerprint density at radius 3 is 2.92 bits per heavy atom. The topological polar surface area (TPSA) is 71.2 Å². The second-order valence-electron chi connectivity index (χ2n) is 5.93. The van der Waals surface area contributed by atoms with E-state index < -0.39 is 5.97 Å². The van der Waals surface area contributed by atoms with Gasteiger partial charge in [-0.25, -0.2) is 9.18 Å². The van der Waals surface area contributed by atoms with Gasteiger partial charge in [-0.05, 0) is 36.8 Å². The van der Waals surface area contributed by atoms with E-state index in [-0.39, 0.29) is 23.6 Å². The summed E-state index contributed by atoms with van der Waals surface area (Å²) in [5.74, 6) is 0.113. The normalized spacial score (nSPS) is 21.4. The van der Waals surface area contributed by atoms with Crippen molar-refractivity contribution in [1.29, 1.82) is 0 Å². The highest BCUT2D eigenvalue weighted by atomic mass is 19.1. The van der Waals surface area contributed by atoms with Crippen molar-refractivity contribution in [1.82, 2.24) is 19.7 Å². The molecule has 0 bridgehead atoms. The molecule has 3 heterocycles. The summed E-state index contributed by atoms with van der Waals surface area (Å²) in [4.78, 5) is 13.5. The van der Waals surface area contributed by atoms with Gasteiger partial charge in [0.1, 0.15) is 17.3 Å². The van der Waals surface area contributed by atoms with E-state index in [2.05, 4.69) is 10.2 Å². The second kappa shape index (κ2) is 5.30. The van der Waals surface area contributed by atoms with Gasteiger partial charge < -0.3 is 14.6 Å². The number of aromatic nitrogens is 3. The van der Waals surface area contributed by atoms with Crippen molar-refractivity contribution in [2.45, 2.75) is 25.6 Å². The van der Waals surface area contributed by atoms with Gasteiger partial charge >= 0.3 is 5.97 Å². The SMILES string of the molecule is Cc1nnc2n1C1C=C(C(=O)O)N(Cc3cccc(F)c3)C1C=C2. The van der Waals surface area contributed by atoms with Gasteiger partial charge in [0, 0.05) is 6.54 Å². The van der Waals surface area contributed by atoms with Crippen LogP contribution in [0.2, 0.25) is 0 Å². The summed E-state index contributed by atoms with van der Waals surface area (Å²) in [6.45, 7) is 2.16. The number of hydrogen-bond donors (Lipinski definition) is 1. The Hall–Kier alpha value is -2.96. The van der Waals surface area contributed by atoms with Gasteiger partial charge in [-0.15, -0.1) is 10.2 Å². The Balaban J connectivity index is 1.73. The molecule has 2 unspecified atom stereocenters. The lowest BCUT2D eigenvalue weighted by Gasteiger charge is -2.32. The van der Waals surface area contributed by atoms with Crippen LogP contribution in [0.4, 0.5) is 4.39 Å². The quantitative estimate of drug-likeness (QED) is 0.936. The number of fused-ring (bicyclic) bond motifs is 3. The zero-order valence-electron chi connectivity index (χ0n) is 12.9. The molecular formula is C17H15FN4O2. The second-order valence-corrected chi connectivity index (χ2v) is 5.93. The Bertz CT molecular complexity index is 886. The van der Waals surface area contributed by atoms with Gasteiger partial charge in [-0.1, -0.05) is 18.2 Å². The molecule has 24 heavy (non-hydrogen) atoms. The maximum absolute atomic E-state index is 13.5. The monoisotopic (exact) mass is 326 g/mol. The Morgan fingerprint density at radius 1 is 1.33 bits per heavy atom. The molecule has 2 aliphatic rings. The minimum absolute atomic E-state index is 0.165. The van der Waals surface area contributed by atoms with E-state index in [1.54, 1.807) is 23.1 Å². The number of aliphatic carboxylic acids is 1. The minimum atomic E-state index is -0.999. The van der Waals surface area contributed by atoms with E-state index >= 15 is 0 Å². The van der Waals surface area contributed by atoms with E-state index in [1.165, 1.54) is 12.1 Å². The lowest BCUT2D eigenvalue weighted by Crippen LogP contribution is -2.36. The van der Waals surface area contributed by atoms with Crippen molar-refractivity contribution in [2.75, 3.05) is 0 Å². The van der Waals surface area contributed by atoms with E-state index in [1.807, 2.05) is 23.6 Å². The van der Waals surface area contributed by atoms with Crippen LogP contribution in [-0.4, -0.2) is 36.8 Å². The fraction of sp³-hybridized carbons (Fsp3) is 0.235. The van der Waals surface area contributed by atoms with Crippen LogP contribution in [0.15, 0.2) is 42.1 Å². The smallest absolute Gasteiger partial charge is 0.351 e. The minimum Gasteiger partial charge on any atom is -0.477 e. The van der Waals surface area contributed by atoms with Gasteiger partial charge in [0.25, 0.3) is 0 Å². The number of benzene rings is 1. The van der Waals surface area contributed by atoms with E-state index in [0.717, 1.165) is 11.4 Å². The molecule has 0 radical (unpaired) electrons. The molecule has 0 saturated carbocycles. The average molecular weight is 326 g/mol. The number of carboxylic acids is 1. The lowest BCUT2D eigenvalue weighted by molar-refractivity contribution is -0.134. The molecule has 122 valence electrons. The van der Waals surface area contributed by atoms with Crippen LogP contribution in [0.1, 0.15) is 23.3 Å². The number of carboxylic acid groups (broad SMARTS) is 1. The summed E-state index contributed by atoms with van der Waals surface area (Å²) >= 11 is 0. The molecule has 2 aliphatic heterocycles. The summed E-state index contributed by atoms with van der Waals surface area (Å²) in [5, 5.41) is 17.7. The fourth-order valence-corrected chi connectivity index (χ4v) is 3.42. The van der Waals surface area contributed by atoms with Gasteiger partial charge in [-0.3, -0.25) is 0 Å². The first-order chi connectivity index (χ1) is 11.5. The third-order valence-corrected chi connectivity index (χ3v) is 4.44. The van der Waals surface area contributed by atoms with Crippen molar-refractivity contribution in [3.8, 4) is 0 Å². The number of carbonyl (C=O) groups is 1.